The topological polar surface area (TPSA) is 72.6 Å². The van der Waals surface area contributed by atoms with Gasteiger partial charge in [-0.25, -0.2) is 4.79 Å². The summed E-state index contributed by atoms with van der Waals surface area (Å²) < 4.78 is 5.24. The van der Waals surface area contributed by atoms with Gasteiger partial charge in [0.25, 0.3) is 0 Å². The van der Waals surface area contributed by atoms with Crippen LogP contribution in [0.5, 0.6) is 5.75 Å². The smallest absolute Gasteiger partial charge is 0.331 e. The molecule has 0 unspecified atom stereocenters. The highest BCUT2D eigenvalue weighted by molar-refractivity contribution is 7.80. The molecule has 0 aliphatic heterocycles. The Hall–Kier alpha value is -1.53. The maximum atomic E-state index is 12.3. The fraction of sp³-hybridized carbons (Fsp3) is 0.529. The zero-order valence-corrected chi connectivity index (χ0v) is 14.5. The summed E-state index contributed by atoms with van der Waals surface area (Å²) in [6.45, 7) is 2.53. The Bertz CT molecular complexity index is 482. The van der Waals surface area contributed by atoms with Gasteiger partial charge >= 0.3 is 5.97 Å². The maximum Gasteiger partial charge on any atom is 0.331 e. The number of hydrogen-bond donors (Lipinski definition) is 2. The van der Waals surface area contributed by atoms with E-state index in [0.717, 1.165) is 25.7 Å². The zero-order chi connectivity index (χ0) is 17.1. The molecule has 0 saturated heterocycles. The van der Waals surface area contributed by atoms with Gasteiger partial charge in [0.2, 0.25) is 5.91 Å². The number of amides is 1. The number of carbonyl (C=O) groups excluding carboxylic acids is 2. The quantitative estimate of drug-likeness (QED) is 0.297. The van der Waals surface area contributed by atoms with E-state index in [1.807, 2.05) is 6.07 Å². The minimum absolute atomic E-state index is 0.0959. The summed E-state index contributed by atoms with van der Waals surface area (Å²) in [6, 6.07) is 8.11. The summed E-state index contributed by atoms with van der Waals surface area (Å²) in [4.78, 5) is 25.8. The van der Waals surface area contributed by atoms with Crippen molar-refractivity contribution in [3.63, 3.8) is 0 Å². The summed E-state index contributed by atoms with van der Waals surface area (Å²) in [5.41, 5.74) is 5.76. The fourth-order valence-electron chi connectivity index (χ4n) is 2.12. The number of thiol groups is 1. The molecule has 1 amide bonds. The average molecular weight is 338 g/mol. The summed E-state index contributed by atoms with van der Waals surface area (Å²) in [6.07, 6.45) is 4.08. The number of benzene rings is 1. The van der Waals surface area contributed by atoms with Crippen molar-refractivity contribution in [2.75, 3.05) is 18.8 Å². The standard InChI is InChI=1S/C17H26N2O3S/c1-2-3-4-8-11-19(17(21)15(18)13-23)12-16(20)22-14-9-6-5-7-10-14/h5-7,9-10,15,23H,2-4,8,11-13,18H2,1H3/t15-/m0/s1. The van der Waals surface area contributed by atoms with Crippen LogP contribution in [0.3, 0.4) is 0 Å². The average Bonchev–Trinajstić information content (AvgIpc) is 2.57. The molecule has 0 spiro atoms. The number of para-hydroxylation sites is 1. The fourth-order valence-corrected chi connectivity index (χ4v) is 2.27. The predicted octanol–water partition coefficient (Wildman–Crippen LogP) is 2.26. The molecule has 1 atom stereocenters. The predicted molar refractivity (Wildman–Crippen MR) is 94.6 cm³/mol. The van der Waals surface area contributed by atoms with E-state index < -0.39 is 12.0 Å². The van der Waals surface area contributed by atoms with Crippen LogP contribution in [0.25, 0.3) is 0 Å². The number of nitrogens with zero attached hydrogens (tertiary/aromatic N) is 1. The van der Waals surface area contributed by atoms with Crippen LogP contribution in [-0.2, 0) is 9.59 Å². The van der Waals surface area contributed by atoms with Crippen LogP contribution in [-0.4, -0.2) is 41.7 Å². The third-order valence-corrected chi connectivity index (χ3v) is 3.80. The van der Waals surface area contributed by atoms with Crippen LogP contribution in [0.4, 0.5) is 0 Å². The van der Waals surface area contributed by atoms with Crippen molar-refractivity contribution in [1.29, 1.82) is 0 Å². The number of esters is 1. The van der Waals surface area contributed by atoms with Gasteiger partial charge in [0, 0.05) is 12.3 Å². The van der Waals surface area contributed by atoms with Gasteiger partial charge in [-0.15, -0.1) is 0 Å². The molecular weight excluding hydrogens is 312 g/mol. The summed E-state index contributed by atoms with van der Waals surface area (Å²) in [5, 5.41) is 0. The minimum atomic E-state index is -0.700. The zero-order valence-electron chi connectivity index (χ0n) is 13.6. The van der Waals surface area contributed by atoms with E-state index in [-0.39, 0.29) is 18.2 Å². The first kappa shape index (κ1) is 19.5. The van der Waals surface area contributed by atoms with Gasteiger partial charge in [0.15, 0.2) is 0 Å². The Balaban J connectivity index is 2.59. The second kappa shape index (κ2) is 11.1. The van der Waals surface area contributed by atoms with Gasteiger partial charge in [-0.2, -0.15) is 12.6 Å². The van der Waals surface area contributed by atoms with Crippen LogP contribution in [0, 0.1) is 0 Å². The molecule has 0 saturated carbocycles. The number of unbranched alkanes of at least 4 members (excludes halogenated alkanes) is 3. The molecule has 0 fully saturated rings. The van der Waals surface area contributed by atoms with Crippen molar-refractivity contribution >= 4 is 24.5 Å². The van der Waals surface area contributed by atoms with E-state index in [1.54, 1.807) is 24.3 Å². The van der Waals surface area contributed by atoms with Gasteiger partial charge < -0.3 is 15.4 Å². The Kier molecular flexibility index (Phi) is 9.40. The number of carbonyl (C=O) groups is 2. The molecule has 0 bridgehead atoms. The molecule has 1 aromatic carbocycles. The van der Waals surface area contributed by atoms with Crippen molar-refractivity contribution < 1.29 is 14.3 Å². The largest absolute Gasteiger partial charge is 0.425 e. The lowest BCUT2D eigenvalue weighted by atomic mass is 10.2. The molecule has 0 aliphatic carbocycles. The van der Waals surface area contributed by atoms with E-state index >= 15 is 0 Å². The lowest BCUT2D eigenvalue weighted by Crippen LogP contribution is -2.47. The molecule has 6 heteroatoms. The van der Waals surface area contributed by atoms with Crippen LogP contribution in [0.2, 0.25) is 0 Å². The molecule has 0 heterocycles. The molecule has 1 rings (SSSR count). The molecule has 1 aromatic rings. The highest BCUT2D eigenvalue weighted by Crippen LogP contribution is 2.10. The SMILES string of the molecule is CCCCCCN(CC(=O)Oc1ccccc1)C(=O)[C@@H](N)CS. The van der Waals surface area contributed by atoms with Crippen molar-refractivity contribution in [2.45, 2.75) is 38.6 Å². The summed E-state index contributed by atoms with van der Waals surface area (Å²) in [7, 11) is 0. The molecule has 2 N–H and O–H groups in total. The van der Waals surface area contributed by atoms with Crippen LogP contribution in [0.1, 0.15) is 32.6 Å². The monoisotopic (exact) mass is 338 g/mol. The number of ether oxygens (including phenoxy) is 1. The molecule has 0 aromatic heterocycles. The lowest BCUT2D eigenvalue weighted by molar-refractivity contribution is -0.143. The third kappa shape index (κ3) is 7.52. The van der Waals surface area contributed by atoms with Crippen LogP contribution >= 0.6 is 12.6 Å². The van der Waals surface area contributed by atoms with Crippen LogP contribution in [0.15, 0.2) is 30.3 Å². The van der Waals surface area contributed by atoms with E-state index in [0.29, 0.717) is 12.3 Å². The molecular formula is C17H26N2O3S. The first-order chi connectivity index (χ1) is 11.1. The lowest BCUT2D eigenvalue weighted by Gasteiger charge is -2.24. The second-order valence-corrected chi connectivity index (χ2v) is 5.76. The summed E-state index contributed by atoms with van der Waals surface area (Å²) >= 11 is 4.06. The van der Waals surface area contributed by atoms with Crippen molar-refractivity contribution in [2.24, 2.45) is 5.73 Å². The Morgan fingerprint density at radius 3 is 2.52 bits per heavy atom. The highest BCUT2D eigenvalue weighted by atomic mass is 32.1. The molecule has 128 valence electrons. The van der Waals surface area contributed by atoms with Gasteiger partial charge in [-0.3, -0.25) is 4.79 Å². The molecule has 23 heavy (non-hydrogen) atoms. The number of hydrogen-bond acceptors (Lipinski definition) is 5. The minimum Gasteiger partial charge on any atom is -0.425 e. The van der Waals surface area contributed by atoms with Crippen molar-refractivity contribution in [3.8, 4) is 5.75 Å². The Morgan fingerprint density at radius 2 is 1.91 bits per heavy atom. The Morgan fingerprint density at radius 1 is 1.22 bits per heavy atom. The number of rotatable bonds is 10. The number of nitrogens with two attached hydrogens (primary N) is 1. The molecule has 0 radical (unpaired) electrons. The Labute approximate surface area is 143 Å². The van der Waals surface area contributed by atoms with Crippen molar-refractivity contribution in [1.82, 2.24) is 4.90 Å². The molecule has 5 nitrogen and oxygen atoms in total. The summed E-state index contributed by atoms with van der Waals surface area (Å²) in [5.74, 6) is -0.0137. The second-order valence-electron chi connectivity index (χ2n) is 5.40. The third-order valence-electron chi connectivity index (χ3n) is 3.40. The van der Waals surface area contributed by atoms with E-state index in [2.05, 4.69) is 19.6 Å². The van der Waals surface area contributed by atoms with Gasteiger partial charge in [0.05, 0.1) is 6.04 Å². The molecule has 0 aliphatic rings. The van der Waals surface area contributed by atoms with E-state index in [4.69, 9.17) is 10.5 Å². The van der Waals surface area contributed by atoms with Gasteiger partial charge in [-0.1, -0.05) is 44.4 Å². The van der Waals surface area contributed by atoms with Gasteiger partial charge in [-0.05, 0) is 18.6 Å². The normalized spacial score (nSPS) is 11.8. The maximum absolute atomic E-state index is 12.3. The van der Waals surface area contributed by atoms with Crippen molar-refractivity contribution in [3.05, 3.63) is 30.3 Å². The van der Waals surface area contributed by atoms with E-state index in [1.165, 1.54) is 4.90 Å². The van der Waals surface area contributed by atoms with Gasteiger partial charge in [0.1, 0.15) is 12.3 Å². The first-order valence-corrected chi connectivity index (χ1v) is 8.62. The highest BCUT2D eigenvalue weighted by Gasteiger charge is 2.22. The first-order valence-electron chi connectivity index (χ1n) is 7.99. The van der Waals surface area contributed by atoms with E-state index in [9.17, 15) is 9.59 Å². The van der Waals surface area contributed by atoms with Crippen LogP contribution < -0.4 is 10.5 Å².